The van der Waals surface area contributed by atoms with Crippen molar-refractivity contribution < 1.29 is 13.2 Å². The summed E-state index contributed by atoms with van der Waals surface area (Å²) in [7, 11) is 1.32. The number of hydrogen-bond donors (Lipinski definition) is 1. The minimum Gasteiger partial charge on any atom is -0.354 e. The third kappa shape index (κ3) is 6.27. The normalized spacial score (nSPS) is 26.3. The predicted molar refractivity (Wildman–Crippen MR) is 96.6 cm³/mol. The lowest BCUT2D eigenvalue weighted by molar-refractivity contribution is -0.118. The van der Waals surface area contributed by atoms with Gasteiger partial charge >= 0.3 is 0 Å². The summed E-state index contributed by atoms with van der Waals surface area (Å²) in [4.78, 5) is 14.3. The number of sulfone groups is 1. The summed E-state index contributed by atoms with van der Waals surface area (Å²) in [5, 5.41) is 3.15. The molecule has 2 rings (SSSR count). The number of thioether (sulfide) groups is 1. The van der Waals surface area contributed by atoms with Crippen molar-refractivity contribution in [3.05, 3.63) is 0 Å². The molecule has 0 radical (unpaired) electrons. The molecule has 1 saturated carbocycles. The molecule has 1 amide bonds. The fourth-order valence-electron chi connectivity index (χ4n) is 3.65. The highest BCUT2D eigenvalue weighted by atomic mass is 32.2. The van der Waals surface area contributed by atoms with Crippen LogP contribution in [0.1, 0.15) is 38.5 Å². The van der Waals surface area contributed by atoms with Crippen LogP contribution in [-0.2, 0) is 14.6 Å². The van der Waals surface area contributed by atoms with Crippen LogP contribution in [0.2, 0.25) is 0 Å². The van der Waals surface area contributed by atoms with E-state index in [9.17, 15) is 13.2 Å². The molecule has 1 heterocycles. The zero-order valence-corrected chi connectivity index (χ0v) is 15.9. The second-order valence-corrected chi connectivity index (χ2v) is 10.6. The fourth-order valence-corrected chi connectivity index (χ4v) is 7.12. The van der Waals surface area contributed by atoms with Crippen molar-refractivity contribution >= 4 is 27.5 Å². The number of nitrogens with zero attached hydrogens (tertiary/aromatic N) is 1. The Morgan fingerprint density at radius 1 is 1.22 bits per heavy atom. The van der Waals surface area contributed by atoms with Crippen molar-refractivity contribution in [1.82, 2.24) is 10.2 Å². The summed E-state index contributed by atoms with van der Waals surface area (Å²) in [6.07, 6.45) is 7.14. The third-order valence-electron chi connectivity index (χ3n) is 5.01. The van der Waals surface area contributed by atoms with Crippen LogP contribution in [0.5, 0.6) is 0 Å². The highest BCUT2D eigenvalue weighted by Gasteiger charge is 2.29. The van der Waals surface area contributed by atoms with Gasteiger partial charge < -0.3 is 10.2 Å². The van der Waals surface area contributed by atoms with Gasteiger partial charge in [-0.25, -0.2) is 8.42 Å². The van der Waals surface area contributed by atoms with Crippen molar-refractivity contribution in [1.29, 1.82) is 0 Å². The van der Waals surface area contributed by atoms with Gasteiger partial charge in [0.1, 0.15) is 0 Å². The minimum atomic E-state index is -2.85. The van der Waals surface area contributed by atoms with Gasteiger partial charge in [0.25, 0.3) is 0 Å². The molecule has 2 aliphatic rings. The SMILES string of the molecule is CN(C)[C@@H](CNC(=O)CS[C@@H]1CCS(=O)(=O)C1)C1CCCCC1. The average Bonchev–Trinajstić information content (AvgIpc) is 2.85. The van der Waals surface area contributed by atoms with Crippen LogP contribution in [0.4, 0.5) is 0 Å². The fraction of sp³-hybridized carbons (Fsp3) is 0.938. The molecule has 0 aromatic carbocycles. The van der Waals surface area contributed by atoms with Gasteiger partial charge in [-0.1, -0.05) is 19.3 Å². The van der Waals surface area contributed by atoms with Gasteiger partial charge in [-0.05, 0) is 39.3 Å². The highest BCUT2D eigenvalue weighted by Crippen LogP contribution is 2.28. The summed E-state index contributed by atoms with van der Waals surface area (Å²) in [5.74, 6) is 1.57. The molecule has 0 aromatic rings. The van der Waals surface area contributed by atoms with Gasteiger partial charge in [-0.2, -0.15) is 0 Å². The smallest absolute Gasteiger partial charge is 0.230 e. The first-order valence-electron chi connectivity index (χ1n) is 8.62. The molecule has 5 nitrogen and oxygen atoms in total. The molecule has 0 spiro atoms. The number of likely N-dealkylation sites (N-methyl/N-ethyl adjacent to an activating group) is 1. The van der Waals surface area contributed by atoms with E-state index in [0.717, 1.165) is 0 Å². The first-order valence-corrected chi connectivity index (χ1v) is 11.5. The summed E-state index contributed by atoms with van der Waals surface area (Å²) >= 11 is 1.49. The number of amides is 1. The number of nitrogens with one attached hydrogen (secondary N) is 1. The van der Waals surface area contributed by atoms with E-state index >= 15 is 0 Å². The van der Waals surface area contributed by atoms with Crippen LogP contribution in [0.3, 0.4) is 0 Å². The van der Waals surface area contributed by atoms with Crippen molar-refractivity contribution in [3.63, 3.8) is 0 Å². The molecule has 0 bridgehead atoms. The van der Waals surface area contributed by atoms with Gasteiger partial charge in [0.2, 0.25) is 5.91 Å². The Kier molecular flexibility index (Phi) is 7.22. The monoisotopic (exact) mass is 362 g/mol. The molecule has 1 N–H and O–H groups in total. The lowest BCUT2D eigenvalue weighted by Crippen LogP contribution is -2.45. The maximum Gasteiger partial charge on any atom is 0.230 e. The molecule has 1 aliphatic heterocycles. The van der Waals surface area contributed by atoms with E-state index in [1.54, 1.807) is 0 Å². The molecule has 1 saturated heterocycles. The maximum absolute atomic E-state index is 12.1. The summed E-state index contributed by atoms with van der Waals surface area (Å²) in [6.45, 7) is 0.694. The molecule has 7 heteroatoms. The number of hydrogen-bond acceptors (Lipinski definition) is 5. The highest BCUT2D eigenvalue weighted by molar-refractivity contribution is 8.02. The largest absolute Gasteiger partial charge is 0.354 e. The van der Waals surface area contributed by atoms with Gasteiger partial charge in [-0.3, -0.25) is 4.79 Å². The quantitative estimate of drug-likeness (QED) is 0.744. The van der Waals surface area contributed by atoms with Gasteiger partial charge in [-0.15, -0.1) is 11.8 Å². The van der Waals surface area contributed by atoms with Crippen molar-refractivity contribution in [3.8, 4) is 0 Å². The van der Waals surface area contributed by atoms with E-state index in [-0.39, 0.29) is 22.7 Å². The molecule has 2 fully saturated rings. The predicted octanol–water partition coefficient (Wildman–Crippen LogP) is 1.53. The zero-order valence-electron chi connectivity index (χ0n) is 14.3. The van der Waals surface area contributed by atoms with E-state index in [1.807, 2.05) is 0 Å². The standard InChI is InChI=1S/C16H30N2O3S2/c1-18(2)15(13-6-4-3-5-7-13)10-17-16(19)11-22-14-8-9-23(20,21)12-14/h13-15H,3-12H2,1-2H3,(H,17,19)/t14-,15+/m1/s1. The van der Waals surface area contributed by atoms with E-state index < -0.39 is 9.84 Å². The molecular weight excluding hydrogens is 332 g/mol. The Morgan fingerprint density at radius 3 is 2.48 bits per heavy atom. The Balaban J connectivity index is 1.71. The van der Waals surface area contributed by atoms with Crippen LogP contribution in [0, 0.1) is 5.92 Å². The summed E-state index contributed by atoms with van der Waals surface area (Å²) < 4.78 is 22.9. The number of carbonyl (C=O) groups is 1. The Bertz CT molecular complexity index is 488. The number of rotatable bonds is 7. The van der Waals surface area contributed by atoms with E-state index in [1.165, 1.54) is 43.9 Å². The second kappa shape index (κ2) is 8.72. The van der Waals surface area contributed by atoms with E-state index in [0.29, 0.717) is 30.7 Å². The third-order valence-corrected chi connectivity index (χ3v) is 8.29. The van der Waals surface area contributed by atoms with Crippen molar-refractivity contribution in [2.45, 2.75) is 49.8 Å². The first kappa shape index (κ1) is 19.1. The van der Waals surface area contributed by atoms with Crippen LogP contribution < -0.4 is 5.32 Å². The minimum absolute atomic E-state index is 0.0296. The molecule has 0 unspecified atom stereocenters. The zero-order chi connectivity index (χ0) is 16.9. The second-order valence-electron chi connectivity index (χ2n) is 7.07. The number of carbonyl (C=O) groups excluding carboxylic acids is 1. The Hall–Kier alpha value is -0.270. The lowest BCUT2D eigenvalue weighted by atomic mass is 9.83. The Labute approximate surface area is 144 Å². The molecule has 2 atom stereocenters. The molecule has 1 aliphatic carbocycles. The van der Waals surface area contributed by atoms with Crippen molar-refractivity contribution in [2.75, 3.05) is 37.9 Å². The van der Waals surface area contributed by atoms with E-state index in [2.05, 4.69) is 24.3 Å². The first-order chi connectivity index (χ1) is 10.9. The average molecular weight is 363 g/mol. The molecular formula is C16H30N2O3S2. The van der Waals surface area contributed by atoms with Crippen LogP contribution >= 0.6 is 11.8 Å². The van der Waals surface area contributed by atoms with Gasteiger partial charge in [0, 0.05) is 17.8 Å². The van der Waals surface area contributed by atoms with E-state index in [4.69, 9.17) is 0 Å². The topological polar surface area (TPSA) is 66.5 Å². The maximum atomic E-state index is 12.1. The van der Waals surface area contributed by atoms with Crippen molar-refractivity contribution in [2.24, 2.45) is 5.92 Å². The summed E-state index contributed by atoms with van der Waals surface area (Å²) in [6, 6.07) is 0.399. The molecule has 23 heavy (non-hydrogen) atoms. The molecule has 134 valence electrons. The molecule has 0 aromatic heterocycles. The van der Waals surface area contributed by atoms with Gasteiger partial charge in [0.15, 0.2) is 9.84 Å². The van der Waals surface area contributed by atoms with Gasteiger partial charge in [0.05, 0.1) is 17.3 Å². The van der Waals surface area contributed by atoms with Crippen LogP contribution in [0.25, 0.3) is 0 Å². The Morgan fingerprint density at radius 2 is 1.91 bits per heavy atom. The summed E-state index contributed by atoms with van der Waals surface area (Å²) in [5.41, 5.74) is 0. The van der Waals surface area contributed by atoms with Crippen LogP contribution in [0.15, 0.2) is 0 Å². The van der Waals surface area contributed by atoms with Crippen LogP contribution in [-0.4, -0.2) is 68.4 Å². The lowest BCUT2D eigenvalue weighted by Gasteiger charge is -2.35.